The Balaban J connectivity index is 2.13. The molecule has 3 heteroatoms. The van der Waals surface area contributed by atoms with Gasteiger partial charge in [-0.25, -0.2) is 4.39 Å². The van der Waals surface area contributed by atoms with E-state index in [0.717, 1.165) is 25.7 Å². The first-order valence-corrected chi connectivity index (χ1v) is 5.39. The molecule has 2 nitrogen and oxygen atoms in total. The number of rotatable bonds is 2. The zero-order valence-electron chi connectivity index (χ0n) is 8.55. The number of alkyl halides is 1. The predicted molar refractivity (Wildman–Crippen MR) is 50.8 cm³/mol. The monoisotopic (exact) mass is 200 g/mol. The molecule has 0 aromatic heterocycles. The molecule has 80 valence electrons. The summed E-state index contributed by atoms with van der Waals surface area (Å²) in [6.45, 7) is 1.52. The Bertz CT molecular complexity index is 246. The van der Waals surface area contributed by atoms with E-state index >= 15 is 0 Å². The van der Waals surface area contributed by atoms with Gasteiger partial charge in [0.05, 0.1) is 5.41 Å². The van der Waals surface area contributed by atoms with Gasteiger partial charge in [0.25, 0.3) is 0 Å². The van der Waals surface area contributed by atoms with Crippen LogP contribution in [0.4, 0.5) is 4.39 Å². The van der Waals surface area contributed by atoms with E-state index < -0.39 is 17.1 Å². The van der Waals surface area contributed by atoms with Gasteiger partial charge >= 0.3 is 5.97 Å². The quantitative estimate of drug-likeness (QED) is 0.744. The maximum Gasteiger partial charge on any atom is 0.310 e. The molecule has 2 aliphatic rings. The van der Waals surface area contributed by atoms with E-state index in [1.165, 1.54) is 6.92 Å². The van der Waals surface area contributed by atoms with Gasteiger partial charge in [-0.2, -0.15) is 0 Å². The van der Waals surface area contributed by atoms with Gasteiger partial charge in [0.15, 0.2) is 0 Å². The first kappa shape index (κ1) is 9.94. The van der Waals surface area contributed by atoms with Gasteiger partial charge in [0.1, 0.15) is 5.67 Å². The molecule has 0 aliphatic heterocycles. The van der Waals surface area contributed by atoms with Crippen molar-refractivity contribution in [2.75, 3.05) is 0 Å². The summed E-state index contributed by atoms with van der Waals surface area (Å²) in [6.07, 6.45) is 4.62. The molecule has 2 rings (SSSR count). The summed E-state index contributed by atoms with van der Waals surface area (Å²) in [5, 5.41) is 9.21. The van der Waals surface area contributed by atoms with E-state index in [2.05, 4.69) is 0 Å². The molecule has 0 saturated heterocycles. The number of hydrogen-bond donors (Lipinski definition) is 1. The lowest BCUT2D eigenvalue weighted by atomic mass is 9.54. The second-order valence-electron chi connectivity index (χ2n) is 5.21. The fourth-order valence-corrected chi connectivity index (χ4v) is 3.36. The number of carbonyl (C=O) groups is 1. The number of aliphatic carboxylic acids is 1. The molecule has 0 amide bonds. The summed E-state index contributed by atoms with van der Waals surface area (Å²) < 4.78 is 13.5. The van der Waals surface area contributed by atoms with Crippen LogP contribution in [0.15, 0.2) is 0 Å². The molecule has 0 spiro atoms. The molecule has 2 aliphatic carbocycles. The van der Waals surface area contributed by atoms with E-state index in [1.54, 1.807) is 0 Å². The van der Waals surface area contributed by atoms with Crippen LogP contribution in [0.5, 0.6) is 0 Å². The van der Waals surface area contributed by atoms with E-state index in [0.29, 0.717) is 0 Å². The third-order valence-corrected chi connectivity index (χ3v) is 3.93. The highest BCUT2D eigenvalue weighted by molar-refractivity contribution is 5.77. The molecule has 0 radical (unpaired) electrons. The molecule has 0 atom stereocenters. The SMILES string of the molecule is CC1(F)CC(C(=O)O)(C2CCCC2)C1. The summed E-state index contributed by atoms with van der Waals surface area (Å²) in [4.78, 5) is 11.2. The van der Waals surface area contributed by atoms with Crippen molar-refractivity contribution in [2.24, 2.45) is 11.3 Å². The highest BCUT2D eigenvalue weighted by Gasteiger charge is 2.61. The van der Waals surface area contributed by atoms with Crippen molar-refractivity contribution in [1.82, 2.24) is 0 Å². The van der Waals surface area contributed by atoms with Crippen molar-refractivity contribution in [3.05, 3.63) is 0 Å². The van der Waals surface area contributed by atoms with Gasteiger partial charge in [0, 0.05) is 0 Å². The van der Waals surface area contributed by atoms with Crippen LogP contribution in [0.1, 0.15) is 45.4 Å². The highest BCUT2D eigenvalue weighted by Crippen LogP contribution is 2.58. The van der Waals surface area contributed by atoms with Crippen LogP contribution in [0, 0.1) is 11.3 Å². The third kappa shape index (κ3) is 1.33. The second-order valence-corrected chi connectivity index (χ2v) is 5.21. The number of halogens is 1. The first-order valence-electron chi connectivity index (χ1n) is 5.39. The maximum absolute atomic E-state index is 13.5. The van der Waals surface area contributed by atoms with Crippen molar-refractivity contribution in [2.45, 2.75) is 51.1 Å². The van der Waals surface area contributed by atoms with Crippen LogP contribution >= 0.6 is 0 Å². The normalized spacial score (nSPS) is 43.6. The minimum absolute atomic E-state index is 0.222. The van der Waals surface area contributed by atoms with Gasteiger partial charge in [0.2, 0.25) is 0 Å². The molecular formula is C11H17FO2. The van der Waals surface area contributed by atoms with Crippen molar-refractivity contribution in [3.8, 4) is 0 Å². The third-order valence-electron chi connectivity index (χ3n) is 3.93. The molecule has 0 heterocycles. The van der Waals surface area contributed by atoms with Crippen molar-refractivity contribution in [1.29, 1.82) is 0 Å². The summed E-state index contributed by atoms with van der Waals surface area (Å²) in [6, 6.07) is 0. The zero-order chi connectivity index (χ0) is 10.4. The summed E-state index contributed by atoms with van der Waals surface area (Å²) in [5.41, 5.74) is -1.96. The fourth-order valence-electron chi connectivity index (χ4n) is 3.36. The molecule has 0 aromatic rings. The van der Waals surface area contributed by atoms with Gasteiger partial charge in [-0.05, 0) is 38.5 Å². The molecule has 0 bridgehead atoms. The highest BCUT2D eigenvalue weighted by atomic mass is 19.1. The Morgan fingerprint density at radius 3 is 2.21 bits per heavy atom. The molecule has 0 aromatic carbocycles. The van der Waals surface area contributed by atoms with E-state index in [1.807, 2.05) is 0 Å². The van der Waals surface area contributed by atoms with E-state index in [-0.39, 0.29) is 18.8 Å². The Morgan fingerprint density at radius 1 is 1.36 bits per heavy atom. The van der Waals surface area contributed by atoms with Gasteiger partial charge in [-0.3, -0.25) is 4.79 Å². The summed E-state index contributed by atoms with van der Waals surface area (Å²) in [7, 11) is 0. The van der Waals surface area contributed by atoms with Crippen LogP contribution in [-0.4, -0.2) is 16.7 Å². The second kappa shape index (κ2) is 2.94. The minimum atomic E-state index is -1.24. The molecular weight excluding hydrogens is 183 g/mol. The van der Waals surface area contributed by atoms with Crippen LogP contribution in [0.2, 0.25) is 0 Å². The Labute approximate surface area is 83.5 Å². The summed E-state index contributed by atoms with van der Waals surface area (Å²) >= 11 is 0. The van der Waals surface area contributed by atoms with Gasteiger partial charge in [-0.1, -0.05) is 12.8 Å². The molecule has 2 saturated carbocycles. The molecule has 14 heavy (non-hydrogen) atoms. The minimum Gasteiger partial charge on any atom is -0.481 e. The lowest BCUT2D eigenvalue weighted by molar-refractivity contribution is -0.175. The molecule has 0 unspecified atom stereocenters. The first-order chi connectivity index (χ1) is 6.46. The van der Waals surface area contributed by atoms with E-state index in [9.17, 15) is 14.3 Å². The smallest absolute Gasteiger partial charge is 0.310 e. The summed E-state index contributed by atoms with van der Waals surface area (Å²) in [5.74, 6) is -0.552. The lowest BCUT2D eigenvalue weighted by Crippen LogP contribution is -2.55. The van der Waals surface area contributed by atoms with Crippen molar-refractivity contribution >= 4 is 5.97 Å². The predicted octanol–water partition coefficient (Wildman–Crippen LogP) is 2.77. The zero-order valence-corrected chi connectivity index (χ0v) is 8.55. The van der Waals surface area contributed by atoms with Crippen LogP contribution in [0.25, 0.3) is 0 Å². The average molecular weight is 200 g/mol. The number of carboxylic acid groups (broad SMARTS) is 1. The van der Waals surface area contributed by atoms with Gasteiger partial charge in [-0.15, -0.1) is 0 Å². The van der Waals surface area contributed by atoms with Crippen molar-refractivity contribution < 1.29 is 14.3 Å². The average Bonchev–Trinajstić information content (AvgIpc) is 2.50. The molecule has 1 N–H and O–H groups in total. The van der Waals surface area contributed by atoms with Crippen LogP contribution in [-0.2, 0) is 4.79 Å². The number of carboxylic acids is 1. The van der Waals surface area contributed by atoms with Crippen LogP contribution in [0.3, 0.4) is 0 Å². The Kier molecular flexibility index (Phi) is 2.09. The standard InChI is InChI=1S/C11H17FO2/c1-10(12)6-11(7-10,9(13)14)8-4-2-3-5-8/h8H,2-7H2,1H3,(H,13,14). The van der Waals surface area contributed by atoms with Crippen LogP contribution < -0.4 is 0 Å². The molecule has 2 fully saturated rings. The largest absolute Gasteiger partial charge is 0.481 e. The van der Waals surface area contributed by atoms with Gasteiger partial charge < -0.3 is 5.11 Å². The Morgan fingerprint density at radius 2 is 1.86 bits per heavy atom. The van der Waals surface area contributed by atoms with Crippen molar-refractivity contribution in [3.63, 3.8) is 0 Å². The van der Waals surface area contributed by atoms with E-state index in [4.69, 9.17) is 0 Å². The number of hydrogen-bond acceptors (Lipinski definition) is 1. The topological polar surface area (TPSA) is 37.3 Å². The lowest BCUT2D eigenvalue weighted by Gasteiger charge is -2.50. The Hall–Kier alpha value is -0.600. The maximum atomic E-state index is 13.5. The fraction of sp³-hybridized carbons (Fsp3) is 0.909.